The summed E-state index contributed by atoms with van der Waals surface area (Å²) in [5.41, 5.74) is -0.752. The number of hydrogen-bond acceptors (Lipinski definition) is 4. The minimum atomic E-state index is -4.64. The van der Waals surface area contributed by atoms with Gasteiger partial charge in [-0.15, -0.1) is 0 Å². The fourth-order valence-electron chi connectivity index (χ4n) is 3.08. The summed E-state index contributed by atoms with van der Waals surface area (Å²) in [5, 5.41) is 2.15. The molecule has 2 aromatic carbocycles. The highest BCUT2D eigenvalue weighted by Gasteiger charge is 2.34. The third kappa shape index (κ3) is 4.79. The molecule has 1 N–H and O–H groups in total. The number of esters is 1. The van der Waals surface area contributed by atoms with E-state index in [1.54, 1.807) is 17.0 Å². The molecule has 0 saturated carbocycles. The Morgan fingerprint density at radius 1 is 1.13 bits per heavy atom. The van der Waals surface area contributed by atoms with Crippen LogP contribution in [-0.4, -0.2) is 30.4 Å². The maximum absolute atomic E-state index is 13.1. The van der Waals surface area contributed by atoms with Gasteiger partial charge in [0.2, 0.25) is 5.91 Å². The van der Waals surface area contributed by atoms with E-state index in [-0.39, 0.29) is 11.5 Å². The van der Waals surface area contributed by atoms with Crippen LogP contribution in [0.3, 0.4) is 0 Å². The van der Waals surface area contributed by atoms with Crippen LogP contribution >= 0.6 is 0 Å². The molecule has 2 amide bonds. The van der Waals surface area contributed by atoms with Crippen LogP contribution in [0.5, 0.6) is 0 Å². The minimum absolute atomic E-state index is 0.0448. The van der Waals surface area contributed by atoms with Crippen LogP contribution < -0.4 is 10.2 Å². The predicted octanol–water partition coefficient (Wildman–Crippen LogP) is 4.02. The SMILES string of the molecule is CC(OC(=O)c1cccc(N2CCCC2=O)c1)C(=O)Nc1ccccc1C(F)(F)F. The van der Waals surface area contributed by atoms with Crippen molar-refractivity contribution in [1.82, 2.24) is 0 Å². The number of amides is 2. The van der Waals surface area contributed by atoms with Gasteiger partial charge in [0.15, 0.2) is 6.10 Å². The first-order valence-electron chi connectivity index (χ1n) is 9.25. The van der Waals surface area contributed by atoms with E-state index >= 15 is 0 Å². The lowest BCUT2D eigenvalue weighted by Gasteiger charge is -2.18. The number of hydrogen-bond donors (Lipinski definition) is 1. The van der Waals surface area contributed by atoms with Gasteiger partial charge in [0.1, 0.15) is 0 Å². The summed E-state index contributed by atoms with van der Waals surface area (Å²) < 4.78 is 44.3. The van der Waals surface area contributed by atoms with Gasteiger partial charge in [0.25, 0.3) is 5.91 Å². The molecule has 1 heterocycles. The Hall–Kier alpha value is -3.36. The number of alkyl halides is 3. The van der Waals surface area contributed by atoms with Crippen molar-refractivity contribution in [3.63, 3.8) is 0 Å². The quantitative estimate of drug-likeness (QED) is 0.742. The predicted molar refractivity (Wildman–Crippen MR) is 103 cm³/mol. The van der Waals surface area contributed by atoms with Crippen LogP contribution in [0.25, 0.3) is 0 Å². The van der Waals surface area contributed by atoms with E-state index < -0.39 is 35.4 Å². The molecule has 1 fully saturated rings. The van der Waals surface area contributed by atoms with Crippen LogP contribution in [0.2, 0.25) is 0 Å². The number of carbonyl (C=O) groups is 3. The van der Waals surface area contributed by atoms with Crippen LogP contribution in [0.4, 0.5) is 24.5 Å². The lowest BCUT2D eigenvalue weighted by molar-refractivity contribution is -0.137. The molecular weight excluding hydrogens is 401 g/mol. The Balaban J connectivity index is 1.68. The monoisotopic (exact) mass is 420 g/mol. The molecular formula is C21H19F3N2O4. The highest BCUT2D eigenvalue weighted by molar-refractivity contribution is 5.99. The highest BCUT2D eigenvalue weighted by Crippen LogP contribution is 2.34. The number of anilines is 2. The molecule has 0 aromatic heterocycles. The first-order valence-corrected chi connectivity index (χ1v) is 9.25. The topological polar surface area (TPSA) is 75.7 Å². The van der Waals surface area contributed by atoms with E-state index in [4.69, 9.17) is 4.74 Å². The van der Waals surface area contributed by atoms with Crippen molar-refractivity contribution in [1.29, 1.82) is 0 Å². The Labute approximate surface area is 170 Å². The fraction of sp³-hybridized carbons (Fsp3) is 0.286. The van der Waals surface area contributed by atoms with Gasteiger partial charge < -0.3 is 15.0 Å². The summed E-state index contributed by atoms with van der Waals surface area (Å²) in [7, 11) is 0. The molecule has 1 unspecified atom stereocenters. The number of carbonyl (C=O) groups excluding carboxylic acids is 3. The number of para-hydroxylation sites is 1. The van der Waals surface area contributed by atoms with E-state index in [0.717, 1.165) is 18.6 Å². The zero-order valence-corrected chi connectivity index (χ0v) is 16.0. The van der Waals surface area contributed by atoms with Crippen molar-refractivity contribution in [3.05, 3.63) is 59.7 Å². The van der Waals surface area contributed by atoms with E-state index in [2.05, 4.69) is 5.32 Å². The first-order chi connectivity index (χ1) is 14.2. The molecule has 3 rings (SSSR count). The lowest BCUT2D eigenvalue weighted by atomic mass is 10.1. The summed E-state index contributed by atoms with van der Waals surface area (Å²) in [6.07, 6.45) is -4.82. The smallest absolute Gasteiger partial charge is 0.418 e. The second-order valence-corrected chi connectivity index (χ2v) is 6.78. The summed E-state index contributed by atoms with van der Waals surface area (Å²) >= 11 is 0. The third-order valence-corrected chi connectivity index (χ3v) is 4.61. The molecule has 1 atom stereocenters. The number of rotatable bonds is 5. The van der Waals surface area contributed by atoms with Gasteiger partial charge in [0, 0.05) is 18.7 Å². The number of nitrogens with zero attached hydrogens (tertiary/aromatic N) is 1. The first kappa shape index (κ1) is 21.4. The van der Waals surface area contributed by atoms with Crippen LogP contribution in [-0.2, 0) is 20.5 Å². The van der Waals surface area contributed by atoms with Crippen molar-refractivity contribution < 1.29 is 32.3 Å². The number of ether oxygens (including phenoxy) is 1. The van der Waals surface area contributed by atoms with Crippen LogP contribution in [0.15, 0.2) is 48.5 Å². The van der Waals surface area contributed by atoms with E-state index in [1.165, 1.54) is 31.2 Å². The van der Waals surface area contributed by atoms with Gasteiger partial charge in [0.05, 0.1) is 16.8 Å². The molecule has 1 saturated heterocycles. The molecule has 2 aromatic rings. The zero-order valence-electron chi connectivity index (χ0n) is 16.0. The van der Waals surface area contributed by atoms with E-state index in [0.29, 0.717) is 18.7 Å². The van der Waals surface area contributed by atoms with Gasteiger partial charge in [-0.1, -0.05) is 18.2 Å². The molecule has 158 valence electrons. The number of halogens is 3. The van der Waals surface area contributed by atoms with E-state index in [1.807, 2.05) is 0 Å². The third-order valence-electron chi connectivity index (χ3n) is 4.61. The summed E-state index contributed by atoms with van der Waals surface area (Å²) in [6.45, 7) is 1.81. The van der Waals surface area contributed by atoms with Crippen molar-refractivity contribution in [2.24, 2.45) is 0 Å². The number of benzene rings is 2. The minimum Gasteiger partial charge on any atom is -0.449 e. The average molecular weight is 420 g/mol. The van der Waals surface area contributed by atoms with Crippen molar-refractivity contribution in [2.45, 2.75) is 32.0 Å². The molecule has 0 bridgehead atoms. The van der Waals surface area contributed by atoms with Crippen molar-refractivity contribution >= 4 is 29.2 Å². The lowest BCUT2D eigenvalue weighted by Crippen LogP contribution is -2.31. The molecule has 0 radical (unpaired) electrons. The Morgan fingerprint density at radius 2 is 1.87 bits per heavy atom. The largest absolute Gasteiger partial charge is 0.449 e. The Morgan fingerprint density at radius 3 is 2.53 bits per heavy atom. The molecule has 0 aliphatic carbocycles. The van der Waals surface area contributed by atoms with Crippen molar-refractivity contribution in [3.8, 4) is 0 Å². The molecule has 1 aliphatic heterocycles. The Kier molecular flexibility index (Phi) is 6.09. The molecule has 0 spiro atoms. The van der Waals surface area contributed by atoms with Gasteiger partial charge in [-0.25, -0.2) is 4.79 Å². The summed E-state index contributed by atoms with van der Waals surface area (Å²) in [4.78, 5) is 38.1. The summed E-state index contributed by atoms with van der Waals surface area (Å²) in [5.74, 6) is -1.77. The normalized spacial score (nSPS) is 15.1. The zero-order chi connectivity index (χ0) is 21.9. The number of nitrogens with one attached hydrogen (secondary N) is 1. The Bertz CT molecular complexity index is 975. The van der Waals surface area contributed by atoms with Gasteiger partial charge in [-0.3, -0.25) is 9.59 Å². The average Bonchev–Trinajstić information content (AvgIpc) is 3.13. The van der Waals surface area contributed by atoms with Gasteiger partial charge >= 0.3 is 12.1 Å². The molecule has 6 nitrogen and oxygen atoms in total. The highest BCUT2D eigenvalue weighted by atomic mass is 19.4. The maximum Gasteiger partial charge on any atom is 0.418 e. The molecule has 1 aliphatic rings. The van der Waals surface area contributed by atoms with Crippen LogP contribution in [0, 0.1) is 0 Å². The van der Waals surface area contributed by atoms with Gasteiger partial charge in [-0.05, 0) is 43.7 Å². The van der Waals surface area contributed by atoms with Crippen molar-refractivity contribution in [2.75, 3.05) is 16.8 Å². The van der Waals surface area contributed by atoms with Crippen LogP contribution in [0.1, 0.15) is 35.7 Å². The molecule has 9 heteroatoms. The maximum atomic E-state index is 13.1. The fourth-order valence-corrected chi connectivity index (χ4v) is 3.08. The standard InChI is InChI=1S/C21H19F3N2O4/c1-13(19(28)25-17-9-3-2-8-16(17)21(22,23)24)30-20(29)14-6-4-7-15(12-14)26-11-5-10-18(26)27/h2-4,6-9,12-13H,5,10-11H2,1H3,(H,25,28). The molecule has 30 heavy (non-hydrogen) atoms. The summed E-state index contributed by atoms with van der Waals surface area (Å²) in [6, 6.07) is 10.7. The second-order valence-electron chi connectivity index (χ2n) is 6.78. The second kappa shape index (κ2) is 8.56. The van der Waals surface area contributed by atoms with Gasteiger partial charge in [-0.2, -0.15) is 13.2 Å². The van der Waals surface area contributed by atoms with E-state index in [9.17, 15) is 27.6 Å².